The van der Waals surface area contributed by atoms with E-state index in [1.807, 2.05) is 24.1 Å². The van der Waals surface area contributed by atoms with Crippen LogP contribution in [0.2, 0.25) is 0 Å². The van der Waals surface area contributed by atoms with Gasteiger partial charge in [-0.1, -0.05) is 24.6 Å². The van der Waals surface area contributed by atoms with Crippen LogP contribution < -0.4 is 10.2 Å². The van der Waals surface area contributed by atoms with E-state index in [0.717, 1.165) is 44.5 Å². The maximum Gasteiger partial charge on any atom is 0.226 e. The van der Waals surface area contributed by atoms with E-state index in [9.17, 15) is 4.79 Å². The van der Waals surface area contributed by atoms with Crippen molar-refractivity contribution < 1.29 is 4.79 Å². The number of amides is 1. The smallest absolute Gasteiger partial charge is 0.226 e. The van der Waals surface area contributed by atoms with Crippen LogP contribution in [0.15, 0.2) is 24.3 Å². The van der Waals surface area contributed by atoms with Gasteiger partial charge in [-0.2, -0.15) is 0 Å². The number of rotatable bonds is 6. The van der Waals surface area contributed by atoms with Crippen LogP contribution in [0.3, 0.4) is 0 Å². The fourth-order valence-corrected chi connectivity index (χ4v) is 2.49. The lowest BCUT2D eigenvalue weighted by Crippen LogP contribution is -2.28. The van der Waals surface area contributed by atoms with E-state index >= 15 is 0 Å². The molecule has 3 nitrogen and oxygen atoms in total. The summed E-state index contributed by atoms with van der Waals surface area (Å²) in [6.07, 6.45) is 4.96. The highest BCUT2D eigenvalue weighted by Gasteiger charge is 2.23. The molecular formula is C15H22N2O. The number of hydrogen-bond acceptors (Lipinski definition) is 2. The van der Waals surface area contributed by atoms with Gasteiger partial charge in [0.25, 0.3) is 0 Å². The van der Waals surface area contributed by atoms with Crippen molar-refractivity contribution in [3.8, 4) is 0 Å². The molecule has 0 radical (unpaired) electrons. The second-order valence-corrected chi connectivity index (χ2v) is 4.84. The van der Waals surface area contributed by atoms with Crippen LogP contribution >= 0.6 is 0 Å². The number of carbonyl (C=O) groups is 1. The second kappa shape index (κ2) is 6.55. The molecule has 0 bridgehead atoms. The minimum absolute atomic E-state index is 0.282. The minimum Gasteiger partial charge on any atom is -0.320 e. The van der Waals surface area contributed by atoms with Gasteiger partial charge in [0.1, 0.15) is 0 Å². The number of hydrogen-bond donors (Lipinski definition) is 1. The summed E-state index contributed by atoms with van der Waals surface area (Å²) >= 11 is 0. The first-order valence-corrected chi connectivity index (χ1v) is 6.86. The summed E-state index contributed by atoms with van der Waals surface area (Å²) in [7, 11) is 1.96. The Kier molecular flexibility index (Phi) is 4.76. The van der Waals surface area contributed by atoms with E-state index in [-0.39, 0.29) is 5.91 Å². The fourth-order valence-electron chi connectivity index (χ4n) is 2.49. The zero-order valence-corrected chi connectivity index (χ0v) is 11.1. The summed E-state index contributed by atoms with van der Waals surface area (Å²) in [5, 5.41) is 3.13. The molecule has 0 saturated carbocycles. The Morgan fingerprint density at radius 2 is 2.11 bits per heavy atom. The van der Waals surface area contributed by atoms with Gasteiger partial charge in [0.15, 0.2) is 0 Å². The average Bonchev–Trinajstić information content (AvgIpc) is 2.82. The summed E-state index contributed by atoms with van der Waals surface area (Å²) < 4.78 is 0. The Balaban J connectivity index is 1.80. The van der Waals surface area contributed by atoms with Crippen molar-refractivity contribution >= 4 is 11.6 Å². The molecule has 3 heteroatoms. The number of unbranched alkanes of at least 4 members (excludes halogenated alkanes) is 2. The van der Waals surface area contributed by atoms with E-state index < -0.39 is 0 Å². The second-order valence-electron chi connectivity index (χ2n) is 4.84. The van der Waals surface area contributed by atoms with Crippen molar-refractivity contribution in [3.05, 3.63) is 29.8 Å². The highest BCUT2D eigenvalue weighted by Crippen LogP contribution is 2.28. The van der Waals surface area contributed by atoms with Crippen molar-refractivity contribution in [3.63, 3.8) is 0 Å². The monoisotopic (exact) mass is 246 g/mol. The Hall–Kier alpha value is -1.35. The van der Waals surface area contributed by atoms with E-state index in [1.165, 1.54) is 5.56 Å². The maximum absolute atomic E-state index is 12.2. The summed E-state index contributed by atoms with van der Waals surface area (Å²) in [6.45, 7) is 1.90. The van der Waals surface area contributed by atoms with Crippen molar-refractivity contribution in [1.29, 1.82) is 0 Å². The molecule has 0 unspecified atom stereocenters. The normalized spacial score (nSPS) is 13.7. The largest absolute Gasteiger partial charge is 0.320 e. The molecule has 1 aromatic carbocycles. The SMILES string of the molecule is CNCCCCCC(=O)N1CCc2ccccc21. The van der Waals surface area contributed by atoms with Gasteiger partial charge in [0.2, 0.25) is 5.91 Å². The predicted octanol–water partition coefficient (Wildman–Crippen LogP) is 2.36. The van der Waals surface area contributed by atoms with Gasteiger partial charge in [-0.05, 0) is 44.5 Å². The Labute approximate surface area is 109 Å². The average molecular weight is 246 g/mol. The van der Waals surface area contributed by atoms with Crippen LogP contribution in [0.1, 0.15) is 31.2 Å². The minimum atomic E-state index is 0.282. The molecule has 98 valence electrons. The maximum atomic E-state index is 12.2. The molecule has 1 aliphatic rings. The molecule has 1 aliphatic heterocycles. The molecule has 0 fully saturated rings. The molecule has 1 amide bonds. The molecular weight excluding hydrogens is 224 g/mol. The van der Waals surface area contributed by atoms with E-state index in [2.05, 4.69) is 17.4 Å². The summed E-state index contributed by atoms with van der Waals surface area (Å²) in [6, 6.07) is 8.23. The number of anilines is 1. The van der Waals surface area contributed by atoms with Gasteiger partial charge in [0, 0.05) is 18.7 Å². The first-order valence-electron chi connectivity index (χ1n) is 6.86. The predicted molar refractivity (Wildman–Crippen MR) is 74.9 cm³/mol. The van der Waals surface area contributed by atoms with Crippen molar-refractivity contribution in [2.45, 2.75) is 32.1 Å². The molecule has 0 spiro atoms. The lowest BCUT2D eigenvalue weighted by atomic mass is 10.1. The van der Waals surface area contributed by atoms with E-state index in [0.29, 0.717) is 6.42 Å². The third-order valence-electron chi connectivity index (χ3n) is 3.51. The van der Waals surface area contributed by atoms with Crippen LogP contribution in [0.25, 0.3) is 0 Å². The fraction of sp³-hybridized carbons (Fsp3) is 0.533. The van der Waals surface area contributed by atoms with Crippen LogP contribution in [0.4, 0.5) is 5.69 Å². The first kappa shape index (κ1) is 13.1. The van der Waals surface area contributed by atoms with Crippen LogP contribution in [-0.4, -0.2) is 26.0 Å². The van der Waals surface area contributed by atoms with Gasteiger partial charge >= 0.3 is 0 Å². The van der Waals surface area contributed by atoms with Gasteiger partial charge in [-0.15, -0.1) is 0 Å². The van der Waals surface area contributed by atoms with Crippen molar-refractivity contribution in [1.82, 2.24) is 5.32 Å². The molecule has 0 aliphatic carbocycles. The van der Waals surface area contributed by atoms with Gasteiger partial charge in [0.05, 0.1) is 0 Å². The quantitative estimate of drug-likeness (QED) is 0.781. The lowest BCUT2D eigenvalue weighted by Gasteiger charge is -2.17. The molecule has 0 saturated heterocycles. The zero-order chi connectivity index (χ0) is 12.8. The lowest BCUT2D eigenvalue weighted by molar-refractivity contribution is -0.118. The van der Waals surface area contributed by atoms with Gasteiger partial charge < -0.3 is 10.2 Å². The van der Waals surface area contributed by atoms with Crippen LogP contribution in [-0.2, 0) is 11.2 Å². The number of fused-ring (bicyclic) bond motifs is 1. The first-order chi connectivity index (χ1) is 8.83. The number of nitrogens with zero attached hydrogens (tertiary/aromatic N) is 1. The topological polar surface area (TPSA) is 32.3 Å². The third kappa shape index (κ3) is 3.10. The van der Waals surface area contributed by atoms with Gasteiger partial charge in [-0.25, -0.2) is 0 Å². The zero-order valence-electron chi connectivity index (χ0n) is 11.1. The molecule has 1 aromatic rings. The molecule has 2 rings (SSSR count). The molecule has 0 aromatic heterocycles. The van der Waals surface area contributed by atoms with Gasteiger partial charge in [-0.3, -0.25) is 4.79 Å². The van der Waals surface area contributed by atoms with Crippen LogP contribution in [0, 0.1) is 0 Å². The van der Waals surface area contributed by atoms with Crippen molar-refractivity contribution in [2.24, 2.45) is 0 Å². The summed E-state index contributed by atoms with van der Waals surface area (Å²) in [5.74, 6) is 0.282. The number of para-hydroxylation sites is 1. The number of benzene rings is 1. The van der Waals surface area contributed by atoms with E-state index in [1.54, 1.807) is 0 Å². The summed E-state index contributed by atoms with van der Waals surface area (Å²) in [5.41, 5.74) is 2.43. The van der Waals surface area contributed by atoms with Crippen molar-refractivity contribution in [2.75, 3.05) is 25.0 Å². The van der Waals surface area contributed by atoms with E-state index in [4.69, 9.17) is 0 Å². The number of carbonyl (C=O) groups excluding carboxylic acids is 1. The molecule has 1 N–H and O–H groups in total. The third-order valence-corrected chi connectivity index (χ3v) is 3.51. The molecule has 18 heavy (non-hydrogen) atoms. The standard InChI is InChI=1S/C15H22N2O/c1-16-11-6-2-3-9-15(18)17-12-10-13-7-4-5-8-14(13)17/h4-5,7-8,16H,2-3,6,9-12H2,1H3. The Morgan fingerprint density at radius 3 is 2.94 bits per heavy atom. The van der Waals surface area contributed by atoms with Crippen LogP contribution in [0.5, 0.6) is 0 Å². The molecule has 1 heterocycles. The molecule has 0 atom stereocenters. The summed E-state index contributed by atoms with van der Waals surface area (Å²) in [4.78, 5) is 14.1. The number of nitrogens with one attached hydrogen (secondary N) is 1. The Morgan fingerprint density at radius 1 is 1.28 bits per heavy atom. The Bertz CT molecular complexity index is 403. The highest BCUT2D eigenvalue weighted by molar-refractivity contribution is 5.95. The highest BCUT2D eigenvalue weighted by atomic mass is 16.2.